The highest BCUT2D eigenvalue weighted by molar-refractivity contribution is 7.89. The molecule has 9 heteroatoms. The van der Waals surface area contributed by atoms with Crippen LogP contribution in [0.3, 0.4) is 0 Å². The van der Waals surface area contributed by atoms with Gasteiger partial charge in [0.2, 0.25) is 10.0 Å². The predicted molar refractivity (Wildman–Crippen MR) is 73.1 cm³/mol. The Morgan fingerprint density at radius 2 is 2.11 bits per heavy atom. The topological polar surface area (TPSA) is 110 Å². The van der Waals surface area contributed by atoms with E-state index in [1.165, 1.54) is 25.5 Å². The maximum Gasteiger partial charge on any atom is 0.215 e. The molecule has 0 saturated carbocycles. The first-order chi connectivity index (χ1) is 8.85. The largest absolute Gasteiger partial charge is 0.384 e. The highest BCUT2D eigenvalue weighted by Crippen LogP contribution is 2.09. The zero-order valence-electron chi connectivity index (χ0n) is 11.3. The van der Waals surface area contributed by atoms with E-state index in [1.807, 2.05) is 0 Å². The van der Waals surface area contributed by atoms with Crippen molar-refractivity contribution in [1.82, 2.24) is 14.3 Å². The fraction of sp³-hybridized carbons (Fsp3) is 0.600. The molecule has 0 saturated heterocycles. The molecule has 0 atom stereocenters. The van der Waals surface area contributed by atoms with Gasteiger partial charge in [0, 0.05) is 33.8 Å². The van der Waals surface area contributed by atoms with Crippen LogP contribution in [-0.2, 0) is 21.4 Å². The van der Waals surface area contributed by atoms with E-state index in [2.05, 4.69) is 15.3 Å². The summed E-state index contributed by atoms with van der Waals surface area (Å²) in [5, 5.41) is 2.90. The zero-order chi connectivity index (χ0) is 14.5. The number of hydrogen-bond acceptors (Lipinski definition) is 7. The quantitative estimate of drug-likeness (QED) is 0.696. The summed E-state index contributed by atoms with van der Waals surface area (Å²) >= 11 is 0. The highest BCUT2D eigenvalue weighted by atomic mass is 32.2. The molecule has 0 amide bonds. The van der Waals surface area contributed by atoms with E-state index in [9.17, 15) is 8.42 Å². The number of nitrogens with two attached hydrogens (primary N) is 1. The summed E-state index contributed by atoms with van der Waals surface area (Å²) in [6, 6.07) is 1.54. The van der Waals surface area contributed by atoms with Gasteiger partial charge in [0.1, 0.15) is 18.2 Å². The van der Waals surface area contributed by atoms with Crippen LogP contribution in [0, 0.1) is 0 Å². The second-order valence-electron chi connectivity index (χ2n) is 4.05. The van der Waals surface area contributed by atoms with Crippen LogP contribution in [0.25, 0.3) is 0 Å². The lowest BCUT2D eigenvalue weighted by Crippen LogP contribution is -2.28. The van der Waals surface area contributed by atoms with Gasteiger partial charge in [0.05, 0.1) is 5.75 Å². The minimum Gasteiger partial charge on any atom is -0.384 e. The maximum atomic E-state index is 11.6. The Labute approximate surface area is 113 Å². The number of methoxy groups -OCH3 is 1. The van der Waals surface area contributed by atoms with Crippen molar-refractivity contribution in [2.45, 2.75) is 6.61 Å². The van der Waals surface area contributed by atoms with E-state index < -0.39 is 10.0 Å². The number of anilines is 2. The van der Waals surface area contributed by atoms with Gasteiger partial charge >= 0.3 is 0 Å². The minimum atomic E-state index is -3.23. The van der Waals surface area contributed by atoms with Crippen molar-refractivity contribution in [2.75, 3.05) is 44.6 Å². The van der Waals surface area contributed by atoms with Crippen LogP contribution in [0.5, 0.6) is 0 Å². The Bertz CT molecular complexity index is 518. The second-order valence-corrected chi connectivity index (χ2v) is 6.35. The normalized spacial score (nSPS) is 11.8. The molecule has 0 radical (unpaired) electrons. The summed E-state index contributed by atoms with van der Waals surface area (Å²) in [5.74, 6) is 1.21. The van der Waals surface area contributed by atoms with Crippen LogP contribution in [0.2, 0.25) is 0 Å². The molecular weight excluding hydrogens is 270 g/mol. The summed E-state index contributed by atoms with van der Waals surface area (Å²) in [6.07, 6.45) is 0. The first-order valence-electron chi connectivity index (χ1n) is 5.61. The van der Waals surface area contributed by atoms with Gasteiger partial charge in [-0.15, -0.1) is 0 Å². The molecular formula is C10H19N5O3S. The molecule has 0 aliphatic rings. The van der Waals surface area contributed by atoms with E-state index in [-0.39, 0.29) is 18.9 Å². The van der Waals surface area contributed by atoms with Crippen LogP contribution < -0.4 is 11.1 Å². The van der Waals surface area contributed by atoms with Crippen LogP contribution in [-0.4, -0.2) is 56.2 Å². The molecule has 0 bridgehead atoms. The lowest BCUT2D eigenvalue weighted by molar-refractivity contribution is 0.178. The average molecular weight is 289 g/mol. The smallest absolute Gasteiger partial charge is 0.215 e. The van der Waals surface area contributed by atoms with E-state index in [4.69, 9.17) is 10.5 Å². The van der Waals surface area contributed by atoms with Crippen LogP contribution in [0.4, 0.5) is 11.6 Å². The van der Waals surface area contributed by atoms with Gasteiger partial charge in [0.25, 0.3) is 0 Å². The molecule has 19 heavy (non-hydrogen) atoms. The van der Waals surface area contributed by atoms with Gasteiger partial charge in [-0.3, -0.25) is 0 Å². The molecule has 1 heterocycles. The number of hydrogen-bond donors (Lipinski definition) is 2. The van der Waals surface area contributed by atoms with Gasteiger partial charge in [-0.2, -0.15) is 0 Å². The highest BCUT2D eigenvalue weighted by Gasteiger charge is 2.13. The third-order valence-electron chi connectivity index (χ3n) is 2.29. The molecule has 108 valence electrons. The van der Waals surface area contributed by atoms with Crippen molar-refractivity contribution in [3.63, 3.8) is 0 Å². The van der Waals surface area contributed by atoms with Crippen molar-refractivity contribution >= 4 is 21.7 Å². The number of rotatable bonds is 7. The maximum absolute atomic E-state index is 11.6. The Morgan fingerprint density at radius 3 is 2.68 bits per heavy atom. The molecule has 0 spiro atoms. The fourth-order valence-corrected chi connectivity index (χ4v) is 2.02. The zero-order valence-corrected chi connectivity index (χ0v) is 12.1. The summed E-state index contributed by atoms with van der Waals surface area (Å²) in [7, 11) is 1.29. The predicted octanol–water partition coefficient (Wildman–Crippen LogP) is -0.491. The van der Waals surface area contributed by atoms with Crippen molar-refractivity contribution < 1.29 is 13.2 Å². The Kier molecular flexibility index (Phi) is 5.45. The standard InChI is InChI=1S/C10H19N5O3S/c1-15(2)19(16,17)5-4-12-9-6-8(11)13-10(14-9)7-18-3/h6H,4-5,7H2,1-3H3,(H3,11,12,13,14). The number of sulfonamides is 1. The Morgan fingerprint density at radius 1 is 1.42 bits per heavy atom. The minimum absolute atomic E-state index is 0.0243. The molecule has 0 fully saturated rings. The number of nitrogens with one attached hydrogen (secondary N) is 1. The van der Waals surface area contributed by atoms with E-state index >= 15 is 0 Å². The van der Waals surface area contributed by atoms with Crippen molar-refractivity contribution in [3.05, 3.63) is 11.9 Å². The summed E-state index contributed by atoms with van der Waals surface area (Å²) < 4.78 is 29.2. The molecule has 3 N–H and O–H groups in total. The lowest BCUT2D eigenvalue weighted by Gasteiger charge is -2.12. The molecule has 1 rings (SSSR count). The van der Waals surface area contributed by atoms with E-state index in [0.29, 0.717) is 17.5 Å². The second kappa shape index (κ2) is 6.64. The molecule has 0 aliphatic carbocycles. The molecule has 0 aromatic carbocycles. The molecule has 1 aromatic heterocycles. The van der Waals surface area contributed by atoms with E-state index in [0.717, 1.165) is 0 Å². The Hall–Kier alpha value is -1.45. The lowest BCUT2D eigenvalue weighted by atomic mass is 10.5. The van der Waals surface area contributed by atoms with Crippen molar-refractivity contribution in [3.8, 4) is 0 Å². The average Bonchev–Trinajstić information content (AvgIpc) is 2.28. The first-order valence-corrected chi connectivity index (χ1v) is 7.22. The summed E-state index contributed by atoms with van der Waals surface area (Å²) in [6.45, 7) is 0.485. The van der Waals surface area contributed by atoms with Crippen molar-refractivity contribution in [1.29, 1.82) is 0 Å². The van der Waals surface area contributed by atoms with E-state index in [1.54, 1.807) is 6.07 Å². The number of nitrogens with zero attached hydrogens (tertiary/aromatic N) is 3. The van der Waals surface area contributed by atoms with Gasteiger partial charge in [-0.05, 0) is 0 Å². The monoisotopic (exact) mass is 289 g/mol. The number of ether oxygens (including phenoxy) is 1. The molecule has 8 nitrogen and oxygen atoms in total. The molecule has 0 unspecified atom stereocenters. The van der Waals surface area contributed by atoms with Gasteiger partial charge in [0.15, 0.2) is 5.82 Å². The van der Waals surface area contributed by atoms with Gasteiger partial charge in [-0.1, -0.05) is 0 Å². The van der Waals surface area contributed by atoms with Gasteiger partial charge in [-0.25, -0.2) is 22.7 Å². The molecule has 0 aliphatic heterocycles. The number of aromatic nitrogens is 2. The Balaban J connectivity index is 2.63. The van der Waals surface area contributed by atoms with Crippen LogP contribution >= 0.6 is 0 Å². The first kappa shape index (κ1) is 15.6. The third-order valence-corrected chi connectivity index (χ3v) is 4.12. The third kappa shape index (κ3) is 4.97. The van der Waals surface area contributed by atoms with Gasteiger partial charge < -0.3 is 15.8 Å². The van der Waals surface area contributed by atoms with Crippen LogP contribution in [0.15, 0.2) is 6.07 Å². The summed E-state index contributed by atoms with van der Waals surface area (Å²) in [5.41, 5.74) is 5.62. The molecule has 1 aromatic rings. The SMILES string of the molecule is COCc1nc(N)cc(NCCS(=O)(=O)N(C)C)n1. The van der Waals surface area contributed by atoms with Crippen LogP contribution in [0.1, 0.15) is 5.82 Å². The van der Waals surface area contributed by atoms with Crippen molar-refractivity contribution in [2.24, 2.45) is 0 Å². The fourth-order valence-electron chi connectivity index (χ4n) is 1.29. The number of nitrogen functional groups attached to an aromatic ring is 1. The summed E-state index contributed by atoms with van der Waals surface area (Å²) in [4.78, 5) is 8.14.